The van der Waals surface area contributed by atoms with Crippen molar-refractivity contribution >= 4 is 5.82 Å². The first-order valence-corrected chi connectivity index (χ1v) is 3.95. The Bertz CT molecular complexity index is 237. The Morgan fingerprint density at radius 3 is 2.83 bits per heavy atom. The lowest BCUT2D eigenvalue weighted by atomic mass is 10.3. The maximum Gasteiger partial charge on any atom is 0.148 e. The van der Waals surface area contributed by atoms with Gasteiger partial charge in [-0.05, 0) is 13.8 Å². The summed E-state index contributed by atoms with van der Waals surface area (Å²) in [6.07, 6.45) is 1.93. The number of aryl methyl sites for hydroxylation is 1. The standard InChI is InChI=1S/C8H15N3O/c1-6-4-11(10-8(6)9)7(2)5-12-3/h4,7H,5H2,1-3H3,(H2,9,10). The number of methoxy groups -OCH3 is 1. The van der Waals surface area contributed by atoms with Crippen molar-refractivity contribution in [3.63, 3.8) is 0 Å². The van der Waals surface area contributed by atoms with Gasteiger partial charge in [-0.2, -0.15) is 5.10 Å². The molecule has 0 amide bonds. The largest absolute Gasteiger partial charge is 0.382 e. The number of hydrogen-bond acceptors (Lipinski definition) is 3. The summed E-state index contributed by atoms with van der Waals surface area (Å²) < 4.78 is 6.83. The van der Waals surface area contributed by atoms with Crippen LogP contribution in [-0.4, -0.2) is 23.5 Å². The summed E-state index contributed by atoms with van der Waals surface area (Å²) in [6, 6.07) is 0.242. The third-order valence-electron chi connectivity index (χ3n) is 1.81. The van der Waals surface area contributed by atoms with Gasteiger partial charge in [0.05, 0.1) is 12.6 Å². The molecule has 0 spiro atoms. The fraction of sp³-hybridized carbons (Fsp3) is 0.625. The lowest BCUT2D eigenvalue weighted by molar-refractivity contribution is 0.157. The molecule has 1 atom stereocenters. The van der Waals surface area contributed by atoms with Crippen molar-refractivity contribution in [1.82, 2.24) is 9.78 Å². The van der Waals surface area contributed by atoms with Gasteiger partial charge in [0.15, 0.2) is 0 Å². The zero-order valence-corrected chi connectivity index (χ0v) is 7.74. The normalized spacial score (nSPS) is 13.2. The van der Waals surface area contributed by atoms with Crippen LogP contribution in [0.15, 0.2) is 6.20 Å². The minimum Gasteiger partial charge on any atom is -0.382 e. The zero-order valence-electron chi connectivity index (χ0n) is 7.74. The van der Waals surface area contributed by atoms with E-state index in [1.54, 1.807) is 7.11 Å². The molecule has 0 bridgehead atoms. The number of aromatic nitrogens is 2. The number of rotatable bonds is 3. The first-order chi connectivity index (χ1) is 5.65. The van der Waals surface area contributed by atoms with Gasteiger partial charge in [0.25, 0.3) is 0 Å². The van der Waals surface area contributed by atoms with Gasteiger partial charge >= 0.3 is 0 Å². The van der Waals surface area contributed by atoms with Crippen molar-refractivity contribution in [2.45, 2.75) is 19.9 Å². The first kappa shape index (κ1) is 9.06. The highest BCUT2D eigenvalue weighted by molar-refractivity contribution is 5.35. The molecule has 0 saturated heterocycles. The van der Waals surface area contributed by atoms with Crippen molar-refractivity contribution in [3.05, 3.63) is 11.8 Å². The van der Waals surface area contributed by atoms with Gasteiger partial charge < -0.3 is 10.5 Å². The average molecular weight is 169 g/mol. The second kappa shape index (κ2) is 3.58. The summed E-state index contributed by atoms with van der Waals surface area (Å²) >= 11 is 0. The van der Waals surface area contributed by atoms with E-state index in [4.69, 9.17) is 10.5 Å². The average Bonchev–Trinajstić information content (AvgIpc) is 2.33. The summed E-state index contributed by atoms with van der Waals surface area (Å²) in [5.41, 5.74) is 6.61. The molecule has 0 aliphatic heterocycles. The van der Waals surface area contributed by atoms with Crippen LogP contribution < -0.4 is 5.73 Å². The van der Waals surface area contributed by atoms with Crippen molar-refractivity contribution in [2.24, 2.45) is 0 Å². The number of nitrogens with two attached hydrogens (primary N) is 1. The van der Waals surface area contributed by atoms with E-state index >= 15 is 0 Å². The van der Waals surface area contributed by atoms with E-state index in [0.29, 0.717) is 12.4 Å². The molecule has 2 N–H and O–H groups in total. The van der Waals surface area contributed by atoms with Crippen LogP contribution in [0.2, 0.25) is 0 Å². The third kappa shape index (κ3) is 1.76. The fourth-order valence-corrected chi connectivity index (χ4v) is 1.04. The quantitative estimate of drug-likeness (QED) is 0.733. The summed E-state index contributed by atoms with van der Waals surface area (Å²) in [6.45, 7) is 4.63. The summed E-state index contributed by atoms with van der Waals surface area (Å²) in [5, 5.41) is 4.14. The first-order valence-electron chi connectivity index (χ1n) is 3.95. The van der Waals surface area contributed by atoms with E-state index in [9.17, 15) is 0 Å². The highest BCUT2D eigenvalue weighted by Gasteiger charge is 2.07. The van der Waals surface area contributed by atoms with Gasteiger partial charge in [-0.25, -0.2) is 0 Å². The van der Waals surface area contributed by atoms with Gasteiger partial charge in [-0.15, -0.1) is 0 Å². The Morgan fingerprint density at radius 1 is 1.75 bits per heavy atom. The monoisotopic (exact) mass is 169 g/mol. The van der Waals surface area contributed by atoms with Crippen LogP contribution in [0.3, 0.4) is 0 Å². The van der Waals surface area contributed by atoms with Gasteiger partial charge in [0, 0.05) is 18.9 Å². The zero-order chi connectivity index (χ0) is 9.14. The number of anilines is 1. The Hall–Kier alpha value is -1.03. The van der Waals surface area contributed by atoms with E-state index in [0.717, 1.165) is 5.56 Å². The predicted molar refractivity (Wildman–Crippen MR) is 48.0 cm³/mol. The molecule has 0 radical (unpaired) electrons. The van der Waals surface area contributed by atoms with Crippen LogP contribution in [0.5, 0.6) is 0 Å². The van der Waals surface area contributed by atoms with Gasteiger partial charge in [-0.3, -0.25) is 4.68 Å². The van der Waals surface area contributed by atoms with Crippen LogP contribution in [0, 0.1) is 6.92 Å². The molecular formula is C8H15N3O. The molecular weight excluding hydrogens is 154 g/mol. The number of hydrogen-bond donors (Lipinski definition) is 1. The second-order valence-electron chi connectivity index (χ2n) is 2.98. The van der Waals surface area contributed by atoms with Crippen molar-refractivity contribution < 1.29 is 4.74 Å². The molecule has 0 aromatic carbocycles. The number of ether oxygens (including phenoxy) is 1. The van der Waals surface area contributed by atoms with E-state index in [1.165, 1.54) is 0 Å². The second-order valence-corrected chi connectivity index (χ2v) is 2.98. The molecule has 12 heavy (non-hydrogen) atoms. The third-order valence-corrected chi connectivity index (χ3v) is 1.81. The van der Waals surface area contributed by atoms with E-state index < -0.39 is 0 Å². The molecule has 4 heteroatoms. The molecule has 0 aliphatic carbocycles. The highest BCUT2D eigenvalue weighted by Crippen LogP contribution is 2.11. The van der Waals surface area contributed by atoms with Crippen LogP contribution in [0.1, 0.15) is 18.5 Å². The van der Waals surface area contributed by atoms with Crippen molar-refractivity contribution in [2.75, 3.05) is 19.5 Å². The topological polar surface area (TPSA) is 53.1 Å². The van der Waals surface area contributed by atoms with Crippen LogP contribution in [0.4, 0.5) is 5.82 Å². The number of nitrogens with zero attached hydrogens (tertiary/aromatic N) is 2. The molecule has 4 nitrogen and oxygen atoms in total. The minimum atomic E-state index is 0.242. The van der Waals surface area contributed by atoms with Gasteiger partial charge in [0.1, 0.15) is 5.82 Å². The number of nitrogen functional groups attached to an aromatic ring is 1. The maximum absolute atomic E-state index is 5.60. The highest BCUT2D eigenvalue weighted by atomic mass is 16.5. The summed E-state index contributed by atoms with van der Waals surface area (Å²) in [5.74, 6) is 0.595. The van der Waals surface area contributed by atoms with E-state index in [2.05, 4.69) is 5.10 Å². The molecule has 0 aliphatic rings. The summed E-state index contributed by atoms with van der Waals surface area (Å²) in [4.78, 5) is 0. The Labute approximate surface area is 72.3 Å². The van der Waals surface area contributed by atoms with Crippen LogP contribution >= 0.6 is 0 Å². The Morgan fingerprint density at radius 2 is 2.42 bits per heavy atom. The molecule has 1 aromatic rings. The van der Waals surface area contributed by atoms with Gasteiger partial charge in [-0.1, -0.05) is 0 Å². The molecule has 1 heterocycles. The van der Waals surface area contributed by atoms with Crippen LogP contribution in [-0.2, 0) is 4.74 Å². The molecule has 1 unspecified atom stereocenters. The lowest BCUT2D eigenvalue weighted by Gasteiger charge is -2.09. The smallest absolute Gasteiger partial charge is 0.148 e. The maximum atomic E-state index is 5.60. The summed E-state index contributed by atoms with van der Waals surface area (Å²) in [7, 11) is 1.68. The fourth-order valence-electron chi connectivity index (χ4n) is 1.04. The molecule has 0 fully saturated rings. The lowest BCUT2D eigenvalue weighted by Crippen LogP contribution is -2.11. The Balaban J connectivity index is 2.74. The molecule has 1 aromatic heterocycles. The van der Waals surface area contributed by atoms with Gasteiger partial charge in [0.2, 0.25) is 0 Å². The molecule has 0 saturated carbocycles. The molecule has 1 rings (SSSR count). The Kier molecular flexibility index (Phi) is 2.70. The van der Waals surface area contributed by atoms with E-state index in [1.807, 2.05) is 24.7 Å². The van der Waals surface area contributed by atoms with Crippen molar-refractivity contribution in [1.29, 1.82) is 0 Å². The minimum absolute atomic E-state index is 0.242. The molecule has 68 valence electrons. The van der Waals surface area contributed by atoms with Crippen LogP contribution in [0.25, 0.3) is 0 Å². The van der Waals surface area contributed by atoms with E-state index in [-0.39, 0.29) is 6.04 Å². The SMILES string of the molecule is COCC(C)n1cc(C)c(N)n1. The predicted octanol–water partition coefficient (Wildman–Crippen LogP) is 0.981. The van der Waals surface area contributed by atoms with Crippen molar-refractivity contribution in [3.8, 4) is 0 Å².